The van der Waals surface area contributed by atoms with E-state index in [9.17, 15) is 22.7 Å². The molecule has 0 fully saturated rings. The van der Waals surface area contributed by atoms with Crippen LogP contribution in [0.4, 0.5) is 23.2 Å². The molecule has 39 heavy (non-hydrogen) atoms. The van der Waals surface area contributed by atoms with Crippen LogP contribution in [0.25, 0.3) is 28.5 Å². The van der Waals surface area contributed by atoms with E-state index < -0.39 is 19.0 Å². The van der Waals surface area contributed by atoms with Crippen LogP contribution in [-0.2, 0) is 0 Å². The summed E-state index contributed by atoms with van der Waals surface area (Å²) in [4.78, 5) is 0. The van der Waals surface area contributed by atoms with Gasteiger partial charge in [-0.15, -0.1) is 0 Å². The van der Waals surface area contributed by atoms with Gasteiger partial charge in [-0.1, -0.05) is 24.3 Å². The highest BCUT2D eigenvalue weighted by Crippen LogP contribution is 2.54. The number of ether oxygens (including phenoxy) is 3. The minimum atomic E-state index is -4.27. The van der Waals surface area contributed by atoms with E-state index in [4.69, 9.17) is 14.2 Å². The van der Waals surface area contributed by atoms with E-state index in [1.54, 1.807) is 24.3 Å². The van der Waals surface area contributed by atoms with Crippen LogP contribution in [0.1, 0.15) is 37.5 Å². The van der Waals surface area contributed by atoms with Crippen LogP contribution >= 0.6 is 0 Å². The Bertz CT molecular complexity index is 1510. The van der Waals surface area contributed by atoms with E-state index >= 15 is 0 Å². The fraction of sp³-hybridized carbons (Fsp3) is 0.267. The Hall–Kier alpha value is -4.14. The van der Waals surface area contributed by atoms with Crippen molar-refractivity contribution >= 4 is 23.1 Å². The molecular formula is C30H27F4NO4. The molecule has 0 aliphatic carbocycles. The first-order chi connectivity index (χ1) is 18.4. The highest BCUT2D eigenvalue weighted by molar-refractivity contribution is 6.02. The molecule has 3 aromatic carbocycles. The average molecular weight is 542 g/mol. The molecule has 5 nitrogen and oxygen atoms in total. The van der Waals surface area contributed by atoms with Crippen LogP contribution in [-0.4, -0.2) is 36.7 Å². The van der Waals surface area contributed by atoms with Crippen LogP contribution in [0.3, 0.4) is 0 Å². The second-order valence-corrected chi connectivity index (χ2v) is 10.1. The van der Waals surface area contributed by atoms with Crippen molar-refractivity contribution in [1.82, 2.24) is 0 Å². The molecule has 0 unspecified atom stereocenters. The Kier molecular flexibility index (Phi) is 6.48. The summed E-state index contributed by atoms with van der Waals surface area (Å²) < 4.78 is 68.9. The number of nitrogens with one attached hydrogen (secondary N) is 1. The minimum Gasteiger partial charge on any atom is -0.504 e. The Morgan fingerprint density at radius 1 is 1.08 bits per heavy atom. The number of anilines is 1. The van der Waals surface area contributed by atoms with Crippen LogP contribution in [0, 0.1) is 0 Å². The second-order valence-electron chi connectivity index (χ2n) is 10.1. The van der Waals surface area contributed by atoms with Gasteiger partial charge in [-0.2, -0.15) is 8.78 Å². The lowest BCUT2D eigenvalue weighted by atomic mass is 9.83. The molecule has 0 saturated heterocycles. The molecule has 3 aromatic rings. The maximum absolute atomic E-state index is 13.4. The lowest BCUT2D eigenvalue weighted by molar-refractivity contribution is -0.148. The SMILES string of the molecule is COc1c(O)ccc2c1-c1ccc3c(c1/C(=C/c1cccc(OCC(F)(F)C(F)F)c1)O2)C(C)=CC(C)(C)N3. The summed E-state index contributed by atoms with van der Waals surface area (Å²) >= 11 is 0. The molecule has 0 saturated carbocycles. The standard InChI is InChI=1S/C30H27F4NO4/c1-16-14-29(2,3)35-20-9-8-19-25(24(16)20)23(39-22-11-10-21(36)27(37-4)26(19)22)13-17-6-5-7-18(12-17)38-15-30(33,34)28(31)32/h5-14,28,35-36H,15H2,1-4H3/b23-13-. The number of aromatic hydroxyl groups is 1. The number of phenolic OH excluding ortho intramolecular Hbond substituents is 1. The van der Waals surface area contributed by atoms with Crippen molar-refractivity contribution in [2.24, 2.45) is 0 Å². The molecule has 2 N–H and O–H groups in total. The lowest BCUT2D eigenvalue weighted by Gasteiger charge is -2.35. The fourth-order valence-corrected chi connectivity index (χ4v) is 5.04. The summed E-state index contributed by atoms with van der Waals surface area (Å²) in [7, 11) is 1.47. The van der Waals surface area contributed by atoms with Crippen LogP contribution in [0.2, 0.25) is 0 Å². The van der Waals surface area contributed by atoms with Gasteiger partial charge in [0.1, 0.15) is 17.3 Å². The smallest absolute Gasteiger partial charge is 0.340 e. The van der Waals surface area contributed by atoms with Crippen LogP contribution in [0.15, 0.2) is 54.6 Å². The van der Waals surface area contributed by atoms with Gasteiger partial charge in [-0.05, 0) is 68.3 Å². The third-order valence-electron chi connectivity index (χ3n) is 6.58. The average Bonchev–Trinajstić information content (AvgIpc) is 2.87. The van der Waals surface area contributed by atoms with Crippen molar-refractivity contribution in [2.75, 3.05) is 19.0 Å². The van der Waals surface area contributed by atoms with E-state index in [0.29, 0.717) is 22.6 Å². The molecular weight excluding hydrogens is 514 g/mol. The molecule has 0 amide bonds. The van der Waals surface area contributed by atoms with Crippen LogP contribution < -0.4 is 19.5 Å². The Balaban J connectivity index is 1.65. The van der Waals surface area contributed by atoms with Crippen molar-refractivity contribution in [3.8, 4) is 34.1 Å². The predicted molar refractivity (Wildman–Crippen MR) is 143 cm³/mol. The number of allylic oxidation sites excluding steroid dienone is 1. The highest BCUT2D eigenvalue weighted by Gasteiger charge is 2.41. The molecule has 9 heteroatoms. The van der Waals surface area contributed by atoms with Gasteiger partial charge in [-0.25, -0.2) is 8.78 Å². The highest BCUT2D eigenvalue weighted by atomic mass is 19.3. The number of phenols is 1. The Morgan fingerprint density at radius 2 is 1.85 bits per heavy atom. The number of alkyl halides is 4. The lowest BCUT2D eigenvalue weighted by Crippen LogP contribution is -2.33. The van der Waals surface area contributed by atoms with Gasteiger partial charge in [0, 0.05) is 22.4 Å². The third-order valence-corrected chi connectivity index (χ3v) is 6.58. The van der Waals surface area contributed by atoms with Gasteiger partial charge in [0.05, 0.1) is 18.2 Å². The molecule has 0 spiro atoms. The van der Waals surface area contributed by atoms with E-state index in [1.807, 2.05) is 19.1 Å². The Morgan fingerprint density at radius 3 is 2.56 bits per heavy atom. The number of rotatable bonds is 6. The van der Waals surface area contributed by atoms with Crippen molar-refractivity contribution in [2.45, 2.75) is 38.7 Å². The monoisotopic (exact) mass is 541 g/mol. The van der Waals surface area contributed by atoms with Gasteiger partial charge >= 0.3 is 12.3 Å². The zero-order valence-corrected chi connectivity index (χ0v) is 21.7. The summed E-state index contributed by atoms with van der Waals surface area (Å²) in [6.45, 7) is 4.68. The topological polar surface area (TPSA) is 60.0 Å². The fourth-order valence-electron chi connectivity index (χ4n) is 5.04. The first-order valence-corrected chi connectivity index (χ1v) is 12.2. The molecule has 0 atom stereocenters. The minimum absolute atomic E-state index is 0.0160. The molecule has 2 aliphatic heterocycles. The number of hydrogen-bond donors (Lipinski definition) is 2. The Labute approximate surface area is 223 Å². The number of benzene rings is 3. The first kappa shape index (κ1) is 26.5. The maximum atomic E-state index is 13.4. The summed E-state index contributed by atoms with van der Waals surface area (Å²) in [6, 6.07) is 13.2. The zero-order valence-electron chi connectivity index (χ0n) is 21.7. The van der Waals surface area contributed by atoms with Crippen molar-refractivity contribution in [1.29, 1.82) is 0 Å². The summed E-state index contributed by atoms with van der Waals surface area (Å²) in [6.07, 6.45) is 0.0135. The molecule has 2 heterocycles. The van der Waals surface area contributed by atoms with Crippen LogP contribution in [0.5, 0.6) is 23.0 Å². The second kappa shape index (κ2) is 9.55. The first-order valence-electron chi connectivity index (χ1n) is 12.2. The maximum Gasteiger partial charge on any atom is 0.340 e. The third kappa shape index (κ3) is 4.89. The van der Waals surface area contributed by atoms with Gasteiger partial charge < -0.3 is 24.6 Å². The van der Waals surface area contributed by atoms with E-state index in [2.05, 4.69) is 25.2 Å². The van der Waals surface area contributed by atoms with Gasteiger partial charge in [0.2, 0.25) is 0 Å². The molecule has 0 radical (unpaired) electrons. The van der Waals surface area contributed by atoms with Crippen molar-refractivity contribution < 1.29 is 36.9 Å². The number of halogens is 4. The normalized spacial score (nSPS) is 16.4. The van der Waals surface area contributed by atoms with Crippen molar-refractivity contribution in [3.05, 3.63) is 71.3 Å². The molecule has 204 valence electrons. The zero-order chi connectivity index (χ0) is 28.1. The largest absolute Gasteiger partial charge is 0.504 e. The molecule has 5 rings (SSSR count). The number of methoxy groups -OCH3 is 1. The van der Waals surface area contributed by atoms with Crippen molar-refractivity contribution in [3.63, 3.8) is 0 Å². The quantitative estimate of drug-likeness (QED) is 0.311. The molecule has 0 bridgehead atoms. The molecule has 2 aliphatic rings. The predicted octanol–water partition coefficient (Wildman–Crippen LogP) is 7.84. The van der Waals surface area contributed by atoms with Gasteiger partial charge in [0.25, 0.3) is 0 Å². The number of hydrogen-bond acceptors (Lipinski definition) is 5. The number of fused-ring (bicyclic) bond motifs is 5. The van der Waals surface area contributed by atoms with E-state index in [1.165, 1.54) is 25.3 Å². The summed E-state index contributed by atoms with van der Waals surface area (Å²) in [5.74, 6) is -3.09. The van der Waals surface area contributed by atoms with E-state index in [-0.39, 0.29) is 22.8 Å². The molecule has 0 aromatic heterocycles. The summed E-state index contributed by atoms with van der Waals surface area (Å²) in [5.41, 5.74) is 5.17. The van der Waals surface area contributed by atoms with Gasteiger partial charge in [0.15, 0.2) is 18.1 Å². The van der Waals surface area contributed by atoms with E-state index in [0.717, 1.165) is 28.0 Å². The summed E-state index contributed by atoms with van der Waals surface area (Å²) in [5, 5.41) is 14.0. The van der Waals surface area contributed by atoms with Gasteiger partial charge in [-0.3, -0.25) is 0 Å².